The van der Waals surface area contributed by atoms with Crippen LogP contribution in [0, 0.1) is 13.8 Å². The van der Waals surface area contributed by atoms with Crippen molar-refractivity contribution in [2.75, 3.05) is 25.5 Å². The molecule has 1 fully saturated rings. The summed E-state index contributed by atoms with van der Waals surface area (Å²) in [4.78, 5) is 17.3. The minimum atomic E-state index is -0.753. The van der Waals surface area contributed by atoms with Gasteiger partial charge in [-0.15, -0.1) is 23.7 Å². The van der Waals surface area contributed by atoms with Crippen LogP contribution in [-0.2, 0) is 9.53 Å². The van der Waals surface area contributed by atoms with Crippen molar-refractivity contribution < 1.29 is 9.53 Å². The monoisotopic (exact) mass is 381 g/mol. The van der Waals surface area contributed by atoms with E-state index in [9.17, 15) is 4.79 Å². The topological polar surface area (TPSA) is 63.2 Å². The second-order valence-corrected chi connectivity index (χ2v) is 7.12. The van der Waals surface area contributed by atoms with E-state index in [0.29, 0.717) is 18.0 Å². The summed E-state index contributed by atoms with van der Waals surface area (Å²) in [5, 5.41) is 8.79. The normalized spacial score (nSPS) is 16.1. The van der Waals surface area contributed by atoms with Gasteiger partial charge in [-0.2, -0.15) is 0 Å². The number of anilines is 1. The van der Waals surface area contributed by atoms with Gasteiger partial charge in [-0.3, -0.25) is 10.1 Å². The van der Waals surface area contributed by atoms with Gasteiger partial charge in [-0.25, -0.2) is 4.98 Å². The Morgan fingerprint density at radius 1 is 1.32 bits per heavy atom. The molecule has 0 atom stereocenters. The lowest BCUT2D eigenvalue weighted by atomic mass is 9.91. The van der Waals surface area contributed by atoms with Gasteiger partial charge in [0.05, 0.1) is 5.69 Å². The van der Waals surface area contributed by atoms with Crippen LogP contribution in [0.3, 0.4) is 0 Å². The number of carbonyl (C=O) groups excluding carboxylic acids is 1. The fraction of sp³-hybridized carbons (Fsp3) is 0.444. The quantitative estimate of drug-likeness (QED) is 0.850. The minimum absolute atomic E-state index is 0. The molecule has 1 aliphatic rings. The number of thiazole rings is 1. The van der Waals surface area contributed by atoms with E-state index in [1.807, 2.05) is 5.38 Å². The number of amides is 1. The molecule has 0 radical (unpaired) electrons. The first kappa shape index (κ1) is 19.8. The van der Waals surface area contributed by atoms with E-state index in [-0.39, 0.29) is 18.3 Å². The van der Waals surface area contributed by atoms with Gasteiger partial charge < -0.3 is 10.1 Å². The first-order valence-corrected chi connectivity index (χ1v) is 9.02. The predicted molar refractivity (Wildman–Crippen MR) is 105 cm³/mol. The lowest BCUT2D eigenvalue weighted by molar-refractivity contribution is -0.140. The number of aryl methyl sites for hydroxylation is 2. The van der Waals surface area contributed by atoms with E-state index in [1.165, 1.54) is 22.5 Å². The van der Waals surface area contributed by atoms with E-state index in [4.69, 9.17) is 4.74 Å². The lowest BCUT2D eigenvalue weighted by Crippen LogP contribution is -2.51. The number of hydrogen-bond donors (Lipinski definition) is 2. The molecule has 0 aliphatic carbocycles. The van der Waals surface area contributed by atoms with Gasteiger partial charge in [0.2, 0.25) is 0 Å². The van der Waals surface area contributed by atoms with Gasteiger partial charge in [0.25, 0.3) is 5.91 Å². The van der Waals surface area contributed by atoms with Crippen LogP contribution in [0.4, 0.5) is 5.13 Å². The largest absolute Gasteiger partial charge is 0.368 e. The van der Waals surface area contributed by atoms with Crippen molar-refractivity contribution in [3.8, 4) is 11.3 Å². The van der Waals surface area contributed by atoms with Gasteiger partial charge in [-0.1, -0.05) is 23.8 Å². The number of carbonyl (C=O) groups is 1. The van der Waals surface area contributed by atoms with Crippen LogP contribution in [0.5, 0.6) is 0 Å². The second-order valence-electron chi connectivity index (χ2n) is 6.26. The maximum atomic E-state index is 12.7. The first-order chi connectivity index (χ1) is 11.5. The molecule has 2 aromatic rings. The van der Waals surface area contributed by atoms with Crippen LogP contribution in [0.1, 0.15) is 24.0 Å². The van der Waals surface area contributed by atoms with E-state index in [2.05, 4.69) is 47.7 Å². The van der Waals surface area contributed by atoms with Gasteiger partial charge in [-0.05, 0) is 45.3 Å². The highest BCUT2D eigenvalue weighted by Gasteiger charge is 2.40. The Labute approximate surface area is 158 Å². The van der Waals surface area contributed by atoms with Crippen molar-refractivity contribution in [3.05, 3.63) is 34.7 Å². The smallest absolute Gasteiger partial charge is 0.258 e. The molecule has 1 aliphatic heterocycles. The van der Waals surface area contributed by atoms with Crippen LogP contribution in [0.25, 0.3) is 11.3 Å². The first-order valence-electron chi connectivity index (χ1n) is 8.14. The van der Waals surface area contributed by atoms with Crippen molar-refractivity contribution in [2.24, 2.45) is 0 Å². The molecule has 1 saturated heterocycles. The van der Waals surface area contributed by atoms with Crippen LogP contribution in [0.2, 0.25) is 0 Å². The number of hydrogen-bond acceptors (Lipinski definition) is 5. The molecule has 25 heavy (non-hydrogen) atoms. The molecule has 2 N–H and O–H groups in total. The Hall–Kier alpha value is -1.47. The molecule has 1 aromatic carbocycles. The van der Waals surface area contributed by atoms with E-state index in [0.717, 1.165) is 24.3 Å². The molecule has 3 rings (SSSR count). The molecular formula is C18H24ClN3O2S. The highest BCUT2D eigenvalue weighted by molar-refractivity contribution is 7.14. The average Bonchev–Trinajstić information content (AvgIpc) is 3.03. The highest BCUT2D eigenvalue weighted by Crippen LogP contribution is 2.30. The molecule has 2 heterocycles. The zero-order valence-corrected chi connectivity index (χ0v) is 16.4. The molecule has 7 heteroatoms. The summed E-state index contributed by atoms with van der Waals surface area (Å²) in [6.07, 6.45) is 1.34. The summed E-state index contributed by atoms with van der Waals surface area (Å²) in [5.74, 6) is -0.104. The maximum absolute atomic E-state index is 12.7. The zero-order valence-electron chi connectivity index (χ0n) is 14.7. The van der Waals surface area contributed by atoms with Gasteiger partial charge in [0.15, 0.2) is 5.13 Å². The van der Waals surface area contributed by atoms with Crippen LogP contribution < -0.4 is 10.6 Å². The number of piperidine rings is 1. The molecule has 1 aromatic heterocycles. The van der Waals surface area contributed by atoms with Crippen LogP contribution in [-0.4, -0.2) is 36.7 Å². The number of halogens is 1. The molecule has 0 spiro atoms. The standard InChI is InChI=1S/C18H23N3O2S.ClH/c1-12-4-5-14(13(2)10-12)15-11-24-17(20-15)21-16(22)18(23-3)6-8-19-9-7-18;/h4-5,10-11,19H,6-9H2,1-3H3,(H,20,21,22);1H. The lowest BCUT2D eigenvalue weighted by Gasteiger charge is -2.34. The molecule has 5 nitrogen and oxygen atoms in total. The number of benzene rings is 1. The Balaban J connectivity index is 0.00000225. The Bertz CT molecular complexity index is 742. The average molecular weight is 382 g/mol. The van der Waals surface area contributed by atoms with Gasteiger partial charge in [0.1, 0.15) is 5.60 Å². The highest BCUT2D eigenvalue weighted by atomic mass is 35.5. The van der Waals surface area contributed by atoms with Crippen molar-refractivity contribution in [1.29, 1.82) is 0 Å². The fourth-order valence-electron chi connectivity index (χ4n) is 3.12. The van der Waals surface area contributed by atoms with Crippen molar-refractivity contribution >= 4 is 34.8 Å². The molecular weight excluding hydrogens is 358 g/mol. The Morgan fingerprint density at radius 2 is 2.04 bits per heavy atom. The Morgan fingerprint density at radius 3 is 2.68 bits per heavy atom. The molecule has 1 amide bonds. The van der Waals surface area contributed by atoms with Gasteiger partial charge >= 0.3 is 0 Å². The number of methoxy groups -OCH3 is 1. The number of nitrogens with zero attached hydrogens (tertiary/aromatic N) is 1. The Kier molecular flexibility index (Phi) is 6.57. The van der Waals surface area contributed by atoms with E-state index in [1.54, 1.807) is 7.11 Å². The van der Waals surface area contributed by atoms with Crippen LogP contribution in [0.15, 0.2) is 23.6 Å². The number of nitrogens with one attached hydrogen (secondary N) is 2. The van der Waals surface area contributed by atoms with E-state index < -0.39 is 5.60 Å². The van der Waals surface area contributed by atoms with Crippen molar-refractivity contribution in [3.63, 3.8) is 0 Å². The third-order valence-corrected chi connectivity index (χ3v) is 5.36. The zero-order chi connectivity index (χ0) is 17.2. The van der Waals surface area contributed by atoms with Crippen molar-refractivity contribution in [1.82, 2.24) is 10.3 Å². The maximum Gasteiger partial charge on any atom is 0.258 e. The summed E-state index contributed by atoms with van der Waals surface area (Å²) in [7, 11) is 1.61. The summed E-state index contributed by atoms with van der Waals surface area (Å²) >= 11 is 1.44. The number of rotatable bonds is 4. The SMILES string of the molecule is COC1(C(=O)Nc2nc(-c3ccc(C)cc3C)cs2)CCNCC1.Cl. The van der Waals surface area contributed by atoms with Crippen LogP contribution >= 0.6 is 23.7 Å². The van der Waals surface area contributed by atoms with Crippen molar-refractivity contribution in [2.45, 2.75) is 32.3 Å². The van der Waals surface area contributed by atoms with Gasteiger partial charge in [0, 0.05) is 18.1 Å². The molecule has 0 unspecified atom stereocenters. The third-order valence-electron chi connectivity index (χ3n) is 4.60. The third kappa shape index (κ3) is 4.20. The molecule has 136 valence electrons. The molecule has 0 saturated carbocycles. The van der Waals surface area contributed by atoms with E-state index >= 15 is 0 Å². The number of aromatic nitrogens is 1. The summed E-state index contributed by atoms with van der Waals surface area (Å²) in [6, 6.07) is 6.30. The summed E-state index contributed by atoms with van der Waals surface area (Å²) in [6.45, 7) is 5.72. The fourth-order valence-corrected chi connectivity index (χ4v) is 3.83. The summed E-state index contributed by atoms with van der Waals surface area (Å²) < 4.78 is 5.56. The second kappa shape index (κ2) is 8.27. The molecule has 0 bridgehead atoms. The predicted octanol–water partition coefficient (Wildman–Crippen LogP) is 3.56. The number of ether oxygens (including phenoxy) is 1. The minimum Gasteiger partial charge on any atom is -0.368 e. The summed E-state index contributed by atoms with van der Waals surface area (Å²) in [5.41, 5.74) is 3.65.